The second kappa shape index (κ2) is 4.94. The van der Waals surface area contributed by atoms with Gasteiger partial charge in [-0.2, -0.15) is 5.10 Å². The van der Waals surface area contributed by atoms with E-state index in [4.69, 9.17) is 0 Å². The maximum atomic E-state index is 4.55. The molecule has 0 saturated heterocycles. The first kappa shape index (κ1) is 13.8. The lowest BCUT2D eigenvalue weighted by molar-refractivity contribution is 0.354. The van der Waals surface area contributed by atoms with Gasteiger partial charge in [0.1, 0.15) is 5.69 Å². The van der Waals surface area contributed by atoms with Crippen LogP contribution in [0, 0.1) is 5.92 Å². The smallest absolute Gasteiger partial charge is 0.108 e. The third-order valence-corrected chi connectivity index (χ3v) is 2.99. The van der Waals surface area contributed by atoms with Gasteiger partial charge >= 0.3 is 0 Å². The van der Waals surface area contributed by atoms with E-state index < -0.39 is 0 Å². The average molecular weight is 235 g/mol. The van der Waals surface area contributed by atoms with Gasteiger partial charge in [-0.15, -0.1) is 0 Å². The van der Waals surface area contributed by atoms with Gasteiger partial charge < -0.3 is 5.32 Å². The van der Waals surface area contributed by atoms with Crippen molar-refractivity contribution in [1.82, 2.24) is 15.1 Å². The molecule has 0 aliphatic heterocycles. The molecule has 0 saturated carbocycles. The zero-order chi connectivity index (χ0) is 13.2. The van der Waals surface area contributed by atoms with Gasteiger partial charge in [-0.1, -0.05) is 20.4 Å². The lowest BCUT2D eigenvalue weighted by atomic mass is 10.1. The summed E-state index contributed by atoms with van der Waals surface area (Å²) >= 11 is 0. The molecule has 0 aliphatic carbocycles. The van der Waals surface area contributed by atoms with Gasteiger partial charge in [0.25, 0.3) is 0 Å². The van der Waals surface area contributed by atoms with E-state index in [0.29, 0.717) is 12.0 Å². The SMILES string of the molecule is C=C(N[C@H](C)C(C)C)c1ccn(C(C)(C)C)n1. The first-order chi connectivity index (χ1) is 7.71. The summed E-state index contributed by atoms with van der Waals surface area (Å²) in [6.07, 6.45) is 2.00. The van der Waals surface area contributed by atoms with Crippen LogP contribution in [0.25, 0.3) is 5.70 Å². The fraction of sp³-hybridized carbons (Fsp3) is 0.643. The van der Waals surface area contributed by atoms with Crippen molar-refractivity contribution in [2.75, 3.05) is 0 Å². The Balaban J connectivity index is 2.74. The van der Waals surface area contributed by atoms with Crippen LogP contribution in [0.3, 0.4) is 0 Å². The van der Waals surface area contributed by atoms with E-state index in [-0.39, 0.29) is 5.54 Å². The molecule has 0 unspecified atom stereocenters. The minimum Gasteiger partial charge on any atom is -0.381 e. The summed E-state index contributed by atoms with van der Waals surface area (Å²) in [5, 5.41) is 7.94. The predicted octanol–water partition coefficient (Wildman–Crippen LogP) is 3.24. The summed E-state index contributed by atoms with van der Waals surface area (Å²) < 4.78 is 1.97. The van der Waals surface area contributed by atoms with Gasteiger partial charge in [-0.25, -0.2) is 0 Å². The fourth-order valence-electron chi connectivity index (χ4n) is 1.37. The predicted molar refractivity (Wildman–Crippen MR) is 73.7 cm³/mol. The molecule has 1 N–H and O–H groups in total. The van der Waals surface area contributed by atoms with Crippen molar-refractivity contribution < 1.29 is 0 Å². The summed E-state index contributed by atoms with van der Waals surface area (Å²) in [5.74, 6) is 0.580. The van der Waals surface area contributed by atoms with Gasteiger partial charge in [0.15, 0.2) is 0 Å². The first-order valence-corrected chi connectivity index (χ1v) is 6.24. The van der Waals surface area contributed by atoms with Gasteiger partial charge in [-0.05, 0) is 39.7 Å². The van der Waals surface area contributed by atoms with Crippen molar-refractivity contribution in [3.05, 3.63) is 24.5 Å². The van der Waals surface area contributed by atoms with Gasteiger partial charge in [0.2, 0.25) is 0 Å². The third kappa shape index (κ3) is 3.62. The molecular weight excluding hydrogens is 210 g/mol. The highest BCUT2D eigenvalue weighted by atomic mass is 15.3. The van der Waals surface area contributed by atoms with Crippen molar-refractivity contribution in [3.8, 4) is 0 Å². The van der Waals surface area contributed by atoms with Crippen LogP contribution in [0.1, 0.15) is 47.2 Å². The number of aromatic nitrogens is 2. The van der Waals surface area contributed by atoms with E-state index in [9.17, 15) is 0 Å². The van der Waals surface area contributed by atoms with Crippen LogP contribution in [0.5, 0.6) is 0 Å². The molecule has 0 radical (unpaired) electrons. The number of hydrogen-bond acceptors (Lipinski definition) is 2. The number of nitrogens with one attached hydrogen (secondary N) is 1. The third-order valence-electron chi connectivity index (χ3n) is 2.99. The molecule has 1 atom stereocenters. The fourth-order valence-corrected chi connectivity index (χ4v) is 1.37. The molecule has 1 rings (SSSR count). The topological polar surface area (TPSA) is 29.9 Å². The van der Waals surface area contributed by atoms with Gasteiger partial charge in [-0.3, -0.25) is 4.68 Å². The molecule has 1 aromatic rings. The Kier molecular flexibility index (Phi) is 4.02. The molecule has 0 aromatic carbocycles. The molecule has 0 amide bonds. The van der Waals surface area contributed by atoms with Crippen LogP contribution in [0.15, 0.2) is 18.8 Å². The second-order valence-corrected chi connectivity index (χ2v) is 5.97. The molecule has 17 heavy (non-hydrogen) atoms. The van der Waals surface area contributed by atoms with Crippen LogP contribution >= 0.6 is 0 Å². The van der Waals surface area contributed by atoms with Crippen molar-refractivity contribution in [2.24, 2.45) is 5.92 Å². The quantitative estimate of drug-likeness (QED) is 0.868. The molecule has 1 aromatic heterocycles. The molecule has 96 valence electrons. The Morgan fingerprint density at radius 1 is 1.35 bits per heavy atom. The second-order valence-electron chi connectivity index (χ2n) is 5.97. The monoisotopic (exact) mass is 235 g/mol. The van der Waals surface area contributed by atoms with E-state index in [1.54, 1.807) is 0 Å². The maximum Gasteiger partial charge on any atom is 0.108 e. The van der Waals surface area contributed by atoms with Crippen molar-refractivity contribution in [1.29, 1.82) is 0 Å². The number of hydrogen-bond donors (Lipinski definition) is 1. The van der Waals surface area contributed by atoms with Crippen LogP contribution in [-0.4, -0.2) is 15.8 Å². The minimum atomic E-state index is 0.0161. The minimum absolute atomic E-state index is 0.0161. The summed E-state index contributed by atoms with van der Waals surface area (Å²) in [7, 11) is 0. The molecule has 1 heterocycles. The number of nitrogens with zero attached hydrogens (tertiary/aromatic N) is 2. The molecule has 3 nitrogen and oxygen atoms in total. The van der Waals surface area contributed by atoms with Crippen LogP contribution in [-0.2, 0) is 5.54 Å². The van der Waals surface area contributed by atoms with E-state index >= 15 is 0 Å². The van der Waals surface area contributed by atoms with Crippen molar-refractivity contribution in [2.45, 2.75) is 53.1 Å². The largest absolute Gasteiger partial charge is 0.381 e. The summed E-state index contributed by atoms with van der Waals surface area (Å²) in [6.45, 7) is 17.0. The number of rotatable bonds is 4. The highest BCUT2D eigenvalue weighted by Crippen LogP contribution is 2.16. The summed E-state index contributed by atoms with van der Waals surface area (Å²) in [4.78, 5) is 0. The van der Waals surface area contributed by atoms with E-state index in [1.807, 2.05) is 16.9 Å². The van der Waals surface area contributed by atoms with Crippen LogP contribution < -0.4 is 5.32 Å². The molecule has 0 aliphatic rings. The maximum absolute atomic E-state index is 4.55. The summed E-state index contributed by atoms with van der Waals surface area (Å²) in [6, 6.07) is 2.41. The lowest BCUT2D eigenvalue weighted by Gasteiger charge is -2.20. The average Bonchev–Trinajstić information content (AvgIpc) is 2.65. The highest BCUT2D eigenvalue weighted by Gasteiger charge is 2.15. The zero-order valence-corrected chi connectivity index (χ0v) is 11.9. The van der Waals surface area contributed by atoms with Crippen molar-refractivity contribution in [3.63, 3.8) is 0 Å². The van der Waals surface area contributed by atoms with Crippen molar-refractivity contribution >= 4 is 5.70 Å². The van der Waals surface area contributed by atoms with E-state index in [2.05, 4.69) is 58.5 Å². The Morgan fingerprint density at radius 2 is 1.94 bits per heavy atom. The molecule has 0 fully saturated rings. The zero-order valence-electron chi connectivity index (χ0n) is 11.9. The Labute approximate surface area is 105 Å². The Morgan fingerprint density at radius 3 is 2.35 bits per heavy atom. The molecule has 0 bridgehead atoms. The molecular formula is C14H25N3. The Bertz CT molecular complexity index is 382. The summed E-state index contributed by atoms with van der Waals surface area (Å²) in [5.41, 5.74) is 1.84. The van der Waals surface area contributed by atoms with Crippen LogP contribution in [0.4, 0.5) is 0 Å². The molecule has 3 heteroatoms. The van der Waals surface area contributed by atoms with Gasteiger partial charge in [0.05, 0.1) is 11.2 Å². The standard InChI is InChI=1S/C14H25N3/c1-10(2)11(3)15-12(4)13-8-9-17(16-13)14(5,6)7/h8-11,15H,4H2,1-3,5-7H3/t11-/m1/s1. The molecule has 0 spiro atoms. The van der Waals surface area contributed by atoms with Crippen LogP contribution in [0.2, 0.25) is 0 Å². The Hall–Kier alpha value is -1.25. The first-order valence-electron chi connectivity index (χ1n) is 6.24. The van der Waals surface area contributed by atoms with E-state index in [1.165, 1.54) is 0 Å². The normalized spacial score (nSPS) is 13.8. The highest BCUT2D eigenvalue weighted by molar-refractivity contribution is 5.57. The lowest BCUT2D eigenvalue weighted by Crippen LogP contribution is -2.29. The van der Waals surface area contributed by atoms with Gasteiger partial charge in [0, 0.05) is 12.2 Å². The van der Waals surface area contributed by atoms with E-state index in [0.717, 1.165) is 11.4 Å².